The zero-order chi connectivity index (χ0) is 8.48. The van der Waals surface area contributed by atoms with Crippen molar-refractivity contribution >= 4 is 5.97 Å². The molecule has 0 amide bonds. The van der Waals surface area contributed by atoms with Crippen molar-refractivity contribution in [1.82, 2.24) is 0 Å². The van der Waals surface area contributed by atoms with Gasteiger partial charge in [-0.2, -0.15) is 0 Å². The minimum absolute atomic E-state index is 0.113. The number of carbonyl (C=O) groups is 1. The average Bonchev–Trinajstić information content (AvgIpc) is 2.82. The van der Waals surface area contributed by atoms with E-state index in [0.717, 1.165) is 0 Å². The smallest absolute Gasteiger partial charge is 0.343 e. The van der Waals surface area contributed by atoms with Gasteiger partial charge < -0.3 is 19.7 Å². The zero-order valence-corrected chi connectivity index (χ0v) is 6.11. The lowest BCUT2D eigenvalue weighted by atomic mass is 10.1. The summed E-state index contributed by atoms with van der Waals surface area (Å²) in [5.74, 6) is -0.640. The van der Waals surface area contributed by atoms with Crippen LogP contribution in [0.1, 0.15) is 0 Å². The quantitative estimate of drug-likeness (QED) is 0.381. The van der Waals surface area contributed by atoms with Crippen molar-refractivity contribution in [1.29, 1.82) is 0 Å². The normalized spacial score (nSPS) is 31.2. The van der Waals surface area contributed by atoms with Crippen LogP contribution in [0, 0.1) is 0 Å². The van der Waals surface area contributed by atoms with Crippen LogP contribution in [0.4, 0.5) is 0 Å². The highest BCUT2D eigenvalue weighted by molar-refractivity contribution is 5.83. The molecular formula is C6H10O5. The molecule has 11 heavy (non-hydrogen) atoms. The van der Waals surface area contributed by atoms with Gasteiger partial charge in [0, 0.05) is 0 Å². The molecule has 1 rings (SSSR count). The molecule has 1 heterocycles. The minimum Gasteiger partial charge on any atom is -0.467 e. The number of hydrogen-bond donors (Lipinski definition) is 2. The molecule has 0 aromatic carbocycles. The second kappa shape index (κ2) is 2.77. The summed E-state index contributed by atoms with van der Waals surface area (Å²) in [5, 5.41) is 17.6. The van der Waals surface area contributed by atoms with E-state index in [1.165, 1.54) is 7.11 Å². The van der Waals surface area contributed by atoms with Crippen molar-refractivity contribution in [2.75, 3.05) is 20.3 Å². The Kier molecular flexibility index (Phi) is 2.12. The molecule has 0 spiro atoms. The molecule has 5 nitrogen and oxygen atoms in total. The number of aliphatic hydroxyl groups excluding tert-OH is 2. The summed E-state index contributed by atoms with van der Waals surface area (Å²) in [6.07, 6.45) is -1.19. The van der Waals surface area contributed by atoms with Crippen LogP contribution in [0.25, 0.3) is 0 Å². The molecule has 0 aromatic heterocycles. The lowest BCUT2D eigenvalue weighted by Crippen LogP contribution is -2.41. The molecule has 0 aliphatic carbocycles. The van der Waals surface area contributed by atoms with Crippen LogP contribution in [0.15, 0.2) is 0 Å². The van der Waals surface area contributed by atoms with E-state index in [1.807, 2.05) is 0 Å². The number of hydrogen-bond acceptors (Lipinski definition) is 5. The number of rotatable bonds is 3. The average molecular weight is 162 g/mol. The molecule has 2 atom stereocenters. The lowest BCUT2D eigenvalue weighted by molar-refractivity contribution is -0.152. The van der Waals surface area contributed by atoms with Crippen molar-refractivity contribution in [2.24, 2.45) is 0 Å². The Balaban J connectivity index is 2.59. The Morgan fingerprint density at radius 2 is 2.45 bits per heavy atom. The Morgan fingerprint density at radius 3 is 2.73 bits per heavy atom. The van der Waals surface area contributed by atoms with Crippen molar-refractivity contribution in [3.8, 4) is 0 Å². The first-order chi connectivity index (χ1) is 5.17. The lowest BCUT2D eigenvalue weighted by Gasteiger charge is -2.13. The Hall–Kier alpha value is -0.650. The molecule has 0 bridgehead atoms. The van der Waals surface area contributed by atoms with E-state index in [4.69, 9.17) is 14.9 Å². The second-order valence-corrected chi connectivity index (χ2v) is 2.37. The molecule has 0 unspecified atom stereocenters. The standard InChI is InChI=1S/C6H10O5/c1-10-5(9)6(3-11-6)4(8)2-7/h4,7-8H,2-3H2,1H3/t4-,6+/m1/s1. The van der Waals surface area contributed by atoms with Crippen molar-refractivity contribution in [3.63, 3.8) is 0 Å². The fourth-order valence-electron chi connectivity index (χ4n) is 0.844. The first kappa shape index (κ1) is 8.45. The summed E-state index contributed by atoms with van der Waals surface area (Å²) >= 11 is 0. The molecule has 0 aromatic rings. The largest absolute Gasteiger partial charge is 0.467 e. The summed E-state index contributed by atoms with van der Waals surface area (Å²) in [7, 11) is 1.20. The first-order valence-electron chi connectivity index (χ1n) is 3.18. The summed E-state index contributed by atoms with van der Waals surface area (Å²) in [4.78, 5) is 10.9. The first-order valence-corrected chi connectivity index (χ1v) is 3.18. The Bertz CT molecular complexity index is 162. The molecule has 1 saturated heterocycles. The molecule has 1 aliphatic heterocycles. The number of methoxy groups -OCH3 is 1. The van der Waals surface area contributed by atoms with Gasteiger partial charge in [-0.25, -0.2) is 4.79 Å². The predicted octanol–water partition coefficient (Wildman–Crippen LogP) is -1.72. The van der Waals surface area contributed by atoms with E-state index >= 15 is 0 Å². The number of epoxide rings is 1. The van der Waals surface area contributed by atoms with Crippen LogP contribution in [-0.2, 0) is 14.3 Å². The number of ether oxygens (including phenoxy) is 2. The third-order valence-electron chi connectivity index (χ3n) is 1.70. The highest BCUT2D eigenvalue weighted by Crippen LogP contribution is 2.32. The SMILES string of the molecule is COC(=O)[C@@]1([C@H](O)CO)CO1. The van der Waals surface area contributed by atoms with Gasteiger partial charge in [0.25, 0.3) is 0 Å². The summed E-state index contributed by atoms with van der Waals surface area (Å²) in [6.45, 7) is -0.392. The third kappa shape index (κ3) is 1.22. The van der Waals surface area contributed by atoms with Gasteiger partial charge in [0.1, 0.15) is 6.10 Å². The Morgan fingerprint density at radius 1 is 1.91 bits per heavy atom. The molecule has 1 fully saturated rings. The monoisotopic (exact) mass is 162 g/mol. The second-order valence-electron chi connectivity index (χ2n) is 2.37. The van der Waals surface area contributed by atoms with Gasteiger partial charge in [-0.15, -0.1) is 0 Å². The number of carbonyl (C=O) groups excluding carboxylic acids is 1. The van der Waals surface area contributed by atoms with Gasteiger partial charge in [0.05, 0.1) is 20.3 Å². The number of aliphatic hydroxyl groups is 2. The van der Waals surface area contributed by atoms with Crippen LogP contribution in [-0.4, -0.2) is 48.2 Å². The maximum absolute atomic E-state index is 10.9. The summed E-state index contributed by atoms with van der Waals surface area (Å²) in [6, 6.07) is 0. The molecular weight excluding hydrogens is 152 g/mol. The zero-order valence-electron chi connectivity index (χ0n) is 6.11. The number of esters is 1. The molecule has 0 radical (unpaired) electrons. The van der Waals surface area contributed by atoms with E-state index in [0.29, 0.717) is 0 Å². The van der Waals surface area contributed by atoms with Crippen LogP contribution in [0.3, 0.4) is 0 Å². The molecule has 0 saturated carbocycles. The van der Waals surface area contributed by atoms with Crippen LogP contribution in [0.5, 0.6) is 0 Å². The molecule has 64 valence electrons. The van der Waals surface area contributed by atoms with Gasteiger partial charge in [-0.05, 0) is 0 Å². The van der Waals surface area contributed by atoms with E-state index in [9.17, 15) is 4.79 Å². The Labute approximate surface area is 63.5 Å². The highest BCUT2D eigenvalue weighted by Gasteiger charge is 2.59. The molecule has 1 aliphatic rings. The maximum atomic E-state index is 10.9. The van der Waals surface area contributed by atoms with Gasteiger partial charge >= 0.3 is 5.97 Å². The van der Waals surface area contributed by atoms with Gasteiger partial charge in [-0.3, -0.25) is 0 Å². The predicted molar refractivity (Wildman–Crippen MR) is 33.8 cm³/mol. The van der Waals surface area contributed by atoms with Crippen molar-refractivity contribution < 1.29 is 24.5 Å². The van der Waals surface area contributed by atoms with Crippen molar-refractivity contribution in [3.05, 3.63) is 0 Å². The minimum atomic E-state index is -1.29. The van der Waals surface area contributed by atoms with Crippen LogP contribution >= 0.6 is 0 Å². The third-order valence-corrected chi connectivity index (χ3v) is 1.70. The van der Waals surface area contributed by atoms with Crippen molar-refractivity contribution in [2.45, 2.75) is 11.7 Å². The summed E-state index contributed by atoms with van der Waals surface area (Å²) < 4.78 is 9.08. The van der Waals surface area contributed by atoms with E-state index in [2.05, 4.69) is 4.74 Å². The van der Waals surface area contributed by atoms with Gasteiger partial charge in [0.2, 0.25) is 5.60 Å². The molecule has 2 N–H and O–H groups in total. The highest BCUT2D eigenvalue weighted by atomic mass is 16.7. The fraction of sp³-hybridized carbons (Fsp3) is 0.833. The maximum Gasteiger partial charge on any atom is 0.343 e. The van der Waals surface area contributed by atoms with E-state index < -0.39 is 24.3 Å². The van der Waals surface area contributed by atoms with Gasteiger partial charge in [-0.1, -0.05) is 0 Å². The molecule has 5 heteroatoms. The van der Waals surface area contributed by atoms with Gasteiger partial charge in [0.15, 0.2) is 0 Å². The fourth-order valence-corrected chi connectivity index (χ4v) is 0.844. The summed E-state index contributed by atoms with van der Waals surface area (Å²) in [5.41, 5.74) is -1.29. The van der Waals surface area contributed by atoms with E-state index in [1.54, 1.807) is 0 Å². The van der Waals surface area contributed by atoms with Crippen LogP contribution < -0.4 is 0 Å². The topological polar surface area (TPSA) is 79.3 Å². The van der Waals surface area contributed by atoms with E-state index in [-0.39, 0.29) is 6.61 Å². The van der Waals surface area contributed by atoms with Crippen LogP contribution in [0.2, 0.25) is 0 Å².